The second kappa shape index (κ2) is 19.4. The van der Waals surface area contributed by atoms with Crippen LogP contribution in [0.3, 0.4) is 0 Å². The first-order chi connectivity index (χ1) is 39.6. The van der Waals surface area contributed by atoms with Crippen LogP contribution in [0.5, 0.6) is 0 Å². The van der Waals surface area contributed by atoms with Crippen molar-refractivity contribution in [2.75, 3.05) is 40.4 Å². The van der Waals surface area contributed by atoms with Crippen LogP contribution in [0.2, 0.25) is 0 Å². The molecule has 13 nitrogen and oxygen atoms in total. The largest absolute Gasteiger partial charge is 0.392 e. The third-order valence-corrected chi connectivity index (χ3v) is 26.5. The SMILES string of the molecule is CNCC[C@]1(C)C(=O)[C@@H]2c3cc[nH]c3[C@@H]3CC[C@]2(C3)[C@@]2(C)[C@H]3[C@H](O)[C@@H]4Cn5cc([C@H](C=O)c6cc([C@H]7CCCC[C@@H]7CNC)cc(C7(O)CCOCC7)c6)c6[nH]cc(c65)CC[C@@](C)(C[C@@H](O)[C@H]5OC5(C)C)C5=C4[C@](C)(CC5=O)[C@@]3(C)CC[C@H]21. The number of H-pyrrole nitrogens is 2. The number of carbonyl (C=O) groups is 3. The Balaban J connectivity index is 0.962. The highest BCUT2D eigenvalue weighted by molar-refractivity contribution is 6.02. The second-order valence-electron chi connectivity index (χ2n) is 30.7. The molecule has 17 atom stereocenters. The van der Waals surface area contributed by atoms with Crippen molar-refractivity contribution in [2.24, 2.45) is 56.2 Å². The second-order valence-corrected chi connectivity index (χ2v) is 30.7. The number of epoxide rings is 1. The van der Waals surface area contributed by atoms with Gasteiger partial charge in [0.2, 0.25) is 0 Å². The van der Waals surface area contributed by atoms with E-state index in [1.165, 1.54) is 23.2 Å². The molecule has 0 amide bonds. The summed E-state index contributed by atoms with van der Waals surface area (Å²) in [5.41, 5.74) is 5.94. The predicted molar refractivity (Wildman–Crippen MR) is 320 cm³/mol. The first kappa shape index (κ1) is 56.6. The molecule has 7 fully saturated rings. The summed E-state index contributed by atoms with van der Waals surface area (Å²) in [7, 11) is 4.02. The number of nitrogens with one attached hydrogen (secondary N) is 4. The van der Waals surface area contributed by atoms with E-state index in [1.807, 2.05) is 27.9 Å². The van der Waals surface area contributed by atoms with Crippen LogP contribution in [0.4, 0.5) is 0 Å². The molecule has 5 saturated carbocycles. The van der Waals surface area contributed by atoms with Crippen molar-refractivity contribution in [3.8, 4) is 0 Å². The Bertz CT molecular complexity index is 3300. The number of benzene rings is 1. The average molecular weight is 1130 g/mol. The van der Waals surface area contributed by atoms with E-state index >= 15 is 9.59 Å². The molecular weight excluding hydrogens is 1040 g/mol. The van der Waals surface area contributed by atoms with Gasteiger partial charge in [-0.2, -0.15) is 0 Å². The number of aliphatic hydroxyl groups is 3. The van der Waals surface area contributed by atoms with Gasteiger partial charge in [-0.25, -0.2) is 0 Å². The molecule has 10 aliphatic rings. The predicted octanol–water partition coefficient (Wildman–Crippen LogP) is 10.6. The van der Waals surface area contributed by atoms with Gasteiger partial charge in [0, 0.05) is 91.2 Å². The van der Waals surface area contributed by atoms with Gasteiger partial charge >= 0.3 is 0 Å². The highest BCUT2D eigenvalue weighted by Gasteiger charge is 2.80. The fourth-order valence-corrected chi connectivity index (χ4v) is 22.4. The van der Waals surface area contributed by atoms with E-state index in [4.69, 9.17) is 9.47 Å². The molecule has 6 heterocycles. The van der Waals surface area contributed by atoms with E-state index in [9.17, 15) is 20.1 Å². The molecule has 448 valence electrons. The maximum Gasteiger partial charge on any atom is 0.160 e. The molecular formula is C70H95N5O8. The number of nitrogens with zero attached hydrogens (tertiary/aromatic N) is 1. The van der Waals surface area contributed by atoms with Crippen molar-refractivity contribution in [2.45, 2.75) is 211 Å². The van der Waals surface area contributed by atoms with Crippen LogP contribution in [0.15, 0.2) is 54.0 Å². The van der Waals surface area contributed by atoms with Crippen LogP contribution < -0.4 is 10.6 Å². The number of aryl methyl sites for hydroxylation is 1. The summed E-state index contributed by atoms with van der Waals surface area (Å²) in [4.78, 5) is 53.8. The van der Waals surface area contributed by atoms with Gasteiger partial charge in [0.05, 0.1) is 46.3 Å². The fourth-order valence-electron chi connectivity index (χ4n) is 22.4. The molecule has 4 aromatic rings. The number of ether oxygens (including phenoxy) is 2. The monoisotopic (exact) mass is 1130 g/mol. The Morgan fingerprint density at radius 2 is 1.69 bits per heavy atom. The number of aromatic amines is 2. The van der Waals surface area contributed by atoms with Crippen LogP contribution in [0.25, 0.3) is 11.0 Å². The molecule has 0 unspecified atom stereocenters. The first-order valence-electron chi connectivity index (χ1n) is 32.5. The number of carbonyl (C=O) groups excluding carboxylic acids is 3. The van der Waals surface area contributed by atoms with E-state index in [1.54, 1.807) is 0 Å². The Labute approximate surface area is 491 Å². The van der Waals surface area contributed by atoms with Gasteiger partial charge in [-0.15, -0.1) is 0 Å². The lowest BCUT2D eigenvalue weighted by atomic mass is 9.28. The summed E-state index contributed by atoms with van der Waals surface area (Å²) in [5.74, 6) is -0.243. The van der Waals surface area contributed by atoms with E-state index in [0.29, 0.717) is 88.9 Å². The van der Waals surface area contributed by atoms with Crippen LogP contribution in [-0.2, 0) is 42.4 Å². The van der Waals surface area contributed by atoms with Crippen LogP contribution in [-0.4, -0.2) is 112 Å². The van der Waals surface area contributed by atoms with Crippen LogP contribution in [0, 0.1) is 56.2 Å². The lowest BCUT2D eigenvalue weighted by Crippen LogP contribution is -2.74. The van der Waals surface area contributed by atoms with Crippen molar-refractivity contribution in [3.05, 3.63) is 93.1 Å². The molecule has 7 N–H and O–H groups in total. The molecule has 13 heteroatoms. The number of aliphatic hydroxyl groups excluding tert-OH is 2. The lowest BCUT2D eigenvalue weighted by molar-refractivity contribution is -0.267. The van der Waals surface area contributed by atoms with Crippen molar-refractivity contribution >= 4 is 28.9 Å². The summed E-state index contributed by atoms with van der Waals surface area (Å²) < 4.78 is 14.3. The van der Waals surface area contributed by atoms with Crippen LogP contribution in [0.1, 0.15) is 208 Å². The van der Waals surface area contributed by atoms with E-state index in [2.05, 4.69) is 103 Å². The topological polar surface area (TPSA) is 194 Å². The van der Waals surface area contributed by atoms with Crippen molar-refractivity contribution in [1.82, 2.24) is 25.2 Å². The molecule has 83 heavy (non-hydrogen) atoms. The summed E-state index contributed by atoms with van der Waals surface area (Å²) in [6.45, 7) is 18.8. The highest BCUT2D eigenvalue weighted by Crippen LogP contribution is 2.83. The highest BCUT2D eigenvalue weighted by atomic mass is 16.6. The molecule has 3 aliphatic heterocycles. The number of aromatic nitrogens is 3. The molecule has 2 bridgehead atoms. The van der Waals surface area contributed by atoms with Gasteiger partial charge in [0.25, 0.3) is 0 Å². The summed E-state index contributed by atoms with van der Waals surface area (Å²) >= 11 is 0. The number of ketones is 2. The number of aldehydes is 1. The number of rotatable bonds is 13. The molecule has 7 aliphatic carbocycles. The molecule has 3 aromatic heterocycles. The Morgan fingerprint density at radius 3 is 2.42 bits per heavy atom. The number of Topliss-reactive ketones (excluding diaryl/α,β-unsaturated/α-hetero) is 2. The first-order valence-corrected chi connectivity index (χ1v) is 32.5. The molecule has 1 spiro atoms. The van der Waals surface area contributed by atoms with Gasteiger partial charge in [-0.05, 0) is 202 Å². The minimum Gasteiger partial charge on any atom is -0.392 e. The molecule has 14 rings (SSSR count). The van der Waals surface area contributed by atoms with Crippen molar-refractivity contribution in [3.63, 3.8) is 0 Å². The maximum atomic E-state index is 16.0. The quantitative estimate of drug-likeness (QED) is 0.0500. The standard InChI is InChI=1S/C70H95N5O8/c1-63(2)62(83-63)51(78)32-64(3)18-14-41-35-74-57-47(49(38-76)43-28-42(45-13-11-10-12-40(45)34-72-9)29-44(30-43)70(81)22-26-82-27-23-70)36-75(58(41)57)37-48-53-55(64)50(77)33-67(53,6)66(5)19-16-52-65(4,21-25-71-8)61(80)54-46-17-24-73-56(46)39-15-20-69(54,31-39)68(52,7)60(66)59(48)79/h17,24,28-30,35-36,38-40,45,48-49,51-52,54,59-60,62,71-74,78-79,81H,10-16,18-23,25-27,31-34,37H2,1-9H3/t39-,40-,45+,48-,49-,51-,52+,54+,59-,60+,62-,64+,65+,66+,67+,68-,69-/m1/s1. The van der Waals surface area contributed by atoms with Crippen molar-refractivity contribution < 1.29 is 39.2 Å². The lowest BCUT2D eigenvalue weighted by Gasteiger charge is -2.76. The molecule has 0 radical (unpaired) electrons. The van der Waals surface area contributed by atoms with Gasteiger partial charge < -0.3 is 54.8 Å². The smallest absolute Gasteiger partial charge is 0.160 e. The van der Waals surface area contributed by atoms with E-state index in [0.717, 1.165) is 109 Å². The number of fused-ring (bicyclic) bond motifs is 8. The third-order valence-electron chi connectivity index (χ3n) is 26.5. The zero-order valence-corrected chi connectivity index (χ0v) is 51.1. The summed E-state index contributed by atoms with van der Waals surface area (Å²) in [6.07, 6.45) is 17.9. The number of hydrogen-bond acceptors (Lipinski definition) is 10. The maximum absolute atomic E-state index is 16.0. The summed E-state index contributed by atoms with van der Waals surface area (Å²) in [6, 6.07) is 8.82. The average Bonchev–Trinajstić information content (AvgIpc) is 1.69. The third kappa shape index (κ3) is 7.77. The zero-order chi connectivity index (χ0) is 58.2. The van der Waals surface area contributed by atoms with Crippen molar-refractivity contribution in [1.29, 1.82) is 0 Å². The van der Waals surface area contributed by atoms with Gasteiger partial charge in [0.1, 0.15) is 18.2 Å². The Morgan fingerprint density at radius 1 is 0.916 bits per heavy atom. The van der Waals surface area contributed by atoms with E-state index < -0.39 is 67.7 Å². The number of hydrogen-bond donors (Lipinski definition) is 7. The van der Waals surface area contributed by atoms with Gasteiger partial charge in [-0.1, -0.05) is 65.7 Å². The minimum atomic E-state index is -1.09. The Kier molecular flexibility index (Phi) is 13.2. The molecule has 1 aromatic carbocycles. The zero-order valence-electron chi connectivity index (χ0n) is 51.1. The normalized spacial score (nSPS) is 40.9. The van der Waals surface area contributed by atoms with Gasteiger partial charge in [0.15, 0.2) is 5.78 Å². The number of allylic oxidation sites excluding steroid dienone is 1. The fraction of sp³-hybridized carbons (Fsp3) is 0.700. The Hall–Kier alpha value is -4.21. The summed E-state index contributed by atoms with van der Waals surface area (Å²) in [5, 5.41) is 46.4. The van der Waals surface area contributed by atoms with E-state index in [-0.39, 0.29) is 35.6 Å². The molecule has 2 saturated heterocycles. The van der Waals surface area contributed by atoms with Crippen LogP contribution >= 0.6 is 0 Å². The van der Waals surface area contributed by atoms with Gasteiger partial charge in [-0.3, -0.25) is 9.59 Å². The minimum absolute atomic E-state index is 0.00287.